The first kappa shape index (κ1) is 23.1. The van der Waals surface area contributed by atoms with Crippen molar-refractivity contribution in [2.24, 2.45) is 0 Å². The summed E-state index contributed by atoms with van der Waals surface area (Å²) >= 11 is 0. The minimum absolute atomic E-state index is 0.129. The topological polar surface area (TPSA) is 58.9 Å². The Labute approximate surface area is 174 Å². The molecule has 29 heavy (non-hydrogen) atoms. The number of hydrogen-bond donors (Lipinski definition) is 2. The van der Waals surface area contributed by atoms with Gasteiger partial charge >= 0.3 is 0 Å². The molecule has 0 radical (unpaired) electrons. The number of aliphatic hydroxyl groups excluding tert-OH is 2. The lowest BCUT2D eigenvalue weighted by molar-refractivity contribution is -0.0915. The van der Waals surface area contributed by atoms with Gasteiger partial charge in [0.15, 0.2) is 0 Å². The highest BCUT2D eigenvalue weighted by Gasteiger charge is 2.23. The van der Waals surface area contributed by atoms with Gasteiger partial charge in [-0.15, -0.1) is 5.92 Å². The van der Waals surface area contributed by atoms with Crippen LogP contribution in [0.2, 0.25) is 0 Å². The van der Waals surface area contributed by atoms with Gasteiger partial charge in [-0.1, -0.05) is 79.9 Å². The van der Waals surface area contributed by atoms with E-state index in [0.717, 1.165) is 30.4 Å². The van der Waals surface area contributed by atoms with Crippen molar-refractivity contribution in [3.63, 3.8) is 0 Å². The number of rotatable bonds is 12. The summed E-state index contributed by atoms with van der Waals surface area (Å²) in [7, 11) is 0. The van der Waals surface area contributed by atoms with Gasteiger partial charge in [0.25, 0.3) is 0 Å². The van der Waals surface area contributed by atoms with Crippen molar-refractivity contribution in [2.45, 2.75) is 64.1 Å². The van der Waals surface area contributed by atoms with Crippen LogP contribution >= 0.6 is 0 Å². The summed E-state index contributed by atoms with van der Waals surface area (Å²) in [4.78, 5) is 0. The third-order valence-corrected chi connectivity index (χ3v) is 4.52. The second-order valence-electron chi connectivity index (χ2n) is 7.08. The van der Waals surface area contributed by atoms with Crippen molar-refractivity contribution in [2.75, 3.05) is 6.61 Å². The van der Waals surface area contributed by atoms with Gasteiger partial charge in [0.1, 0.15) is 12.2 Å². The number of benzene rings is 2. The Hall–Kier alpha value is -2.16. The second-order valence-corrected chi connectivity index (χ2v) is 7.08. The minimum Gasteiger partial charge on any atom is -0.388 e. The van der Waals surface area contributed by atoms with Crippen LogP contribution in [0.5, 0.6) is 0 Å². The van der Waals surface area contributed by atoms with Crippen LogP contribution in [0.4, 0.5) is 0 Å². The lowest BCUT2D eigenvalue weighted by Crippen LogP contribution is -2.35. The first-order valence-electron chi connectivity index (χ1n) is 10.3. The molecule has 0 fully saturated rings. The van der Waals surface area contributed by atoms with Crippen LogP contribution in [0.25, 0.3) is 0 Å². The summed E-state index contributed by atoms with van der Waals surface area (Å²) in [6, 6.07) is 19.6. The van der Waals surface area contributed by atoms with Gasteiger partial charge in [-0.25, -0.2) is 0 Å². The molecule has 1 unspecified atom stereocenters. The van der Waals surface area contributed by atoms with Crippen LogP contribution in [-0.4, -0.2) is 35.1 Å². The predicted octanol–water partition coefficient (Wildman–Crippen LogP) is 4.09. The van der Waals surface area contributed by atoms with Gasteiger partial charge in [-0.2, -0.15) is 0 Å². The summed E-state index contributed by atoms with van der Waals surface area (Å²) in [6.45, 7) is 3.02. The zero-order valence-electron chi connectivity index (χ0n) is 17.2. The first-order chi connectivity index (χ1) is 14.2. The molecular weight excluding hydrogens is 364 g/mol. The summed E-state index contributed by atoms with van der Waals surface area (Å²) < 4.78 is 11.6. The molecule has 0 saturated heterocycles. The van der Waals surface area contributed by atoms with Crippen molar-refractivity contribution >= 4 is 0 Å². The van der Waals surface area contributed by atoms with E-state index >= 15 is 0 Å². The number of aliphatic hydroxyl groups is 2. The van der Waals surface area contributed by atoms with Crippen LogP contribution in [0.15, 0.2) is 60.7 Å². The third kappa shape index (κ3) is 9.74. The molecule has 2 N–H and O–H groups in total. The maximum Gasteiger partial charge on any atom is 0.117 e. The monoisotopic (exact) mass is 396 g/mol. The summed E-state index contributed by atoms with van der Waals surface area (Å²) in [5.74, 6) is 5.86. The Morgan fingerprint density at radius 2 is 1.52 bits per heavy atom. The SMILES string of the molecule is CCCCC#CC(O)C[C@H](OCc1ccccc1)[C@H](O)COCc1ccccc1. The zero-order valence-corrected chi connectivity index (χ0v) is 17.2. The molecule has 2 aromatic carbocycles. The smallest absolute Gasteiger partial charge is 0.117 e. The fourth-order valence-corrected chi connectivity index (χ4v) is 2.83. The molecule has 0 heterocycles. The Kier molecular flexibility index (Phi) is 11.1. The largest absolute Gasteiger partial charge is 0.388 e. The molecule has 0 aliphatic carbocycles. The maximum atomic E-state index is 10.6. The zero-order chi connectivity index (χ0) is 20.7. The minimum atomic E-state index is -0.852. The van der Waals surface area contributed by atoms with Gasteiger partial charge < -0.3 is 19.7 Å². The highest BCUT2D eigenvalue weighted by atomic mass is 16.5. The van der Waals surface area contributed by atoms with Crippen LogP contribution in [0.3, 0.4) is 0 Å². The average Bonchev–Trinajstić information content (AvgIpc) is 2.75. The molecule has 156 valence electrons. The van der Waals surface area contributed by atoms with Crippen molar-refractivity contribution in [1.82, 2.24) is 0 Å². The van der Waals surface area contributed by atoms with Crippen LogP contribution in [0, 0.1) is 11.8 Å². The number of ether oxygens (including phenoxy) is 2. The van der Waals surface area contributed by atoms with Crippen molar-refractivity contribution in [3.05, 3.63) is 71.8 Å². The quantitative estimate of drug-likeness (QED) is 0.419. The molecule has 0 aromatic heterocycles. The molecule has 0 spiro atoms. The van der Waals surface area contributed by atoms with E-state index in [-0.39, 0.29) is 13.0 Å². The van der Waals surface area contributed by atoms with E-state index < -0.39 is 18.3 Å². The van der Waals surface area contributed by atoms with E-state index in [0.29, 0.717) is 13.2 Å². The van der Waals surface area contributed by atoms with E-state index in [9.17, 15) is 10.2 Å². The van der Waals surface area contributed by atoms with Gasteiger partial charge in [0.05, 0.1) is 25.9 Å². The standard InChI is InChI=1S/C25H32O4/c1-2-3-4-11-16-23(26)17-25(29-19-22-14-9-6-10-15-22)24(27)20-28-18-21-12-7-5-8-13-21/h5-10,12-15,23-27H,2-4,17-20H2,1H3/t23?,24-,25+/m1/s1. The normalized spacial score (nSPS) is 13.9. The molecule has 2 aromatic rings. The molecule has 0 aliphatic heterocycles. The molecular formula is C25H32O4. The predicted molar refractivity (Wildman–Crippen MR) is 115 cm³/mol. The summed E-state index contributed by atoms with van der Waals surface area (Å²) in [6.07, 6.45) is 0.842. The van der Waals surface area contributed by atoms with Gasteiger partial charge in [0.2, 0.25) is 0 Å². The maximum absolute atomic E-state index is 10.6. The number of hydrogen-bond acceptors (Lipinski definition) is 4. The first-order valence-corrected chi connectivity index (χ1v) is 10.3. The molecule has 3 atom stereocenters. The van der Waals surface area contributed by atoms with E-state index in [1.54, 1.807) is 0 Å². The Balaban J connectivity index is 1.89. The lowest BCUT2D eigenvalue weighted by atomic mass is 10.1. The van der Waals surface area contributed by atoms with Crippen molar-refractivity contribution in [3.8, 4) is 11.8 Å². The highest BCUT2D eigenvalue weighted by Crippen LogP contribution is 2.13. The van der Waals surface area contributed by atoms with E-state index in [2.05, 4.69) is 18.8 Å². The lowest BCUT2D eigenvalue weighted by Gasteiger charge is -2.24. The number of unbranched alkanes of at least 4 members (excludes halogenated alkanes) is 2. The van der Waals surface area contributed by atoms with Crippen molar-refractivity contribution in [1.29, 1.82) is 0 Å². The third-order valence-electron chi connectivity index (χ3n) is 4.52. The molecule has 0 aliphatic rings. The van der Waals surface area contributed by atoms with Gasteiger partial charge in [-0.3, -0.25) is 0 Å². The second kappa shape index (κ2) is 13.9. The molecule has 0 bridgehead atoms. The van der Waals surface area contributed by atoms with Gasteiger partial charge in [0, 0.05) is 12.8 Å². The van der Waals surface area contributed by atoms with Crippen molar-refractivity contribution < 1.29 is 19.7 Å². The molecule has 2 rings (SSSR count). The van der Waals surface area contributed by atoms with Crippen LogP contribution < -0.4 is 0 Å². The fraction of sp³-hybridized carbons (Fsp3) is 0.440. The Morgan fingerprint density at radius 3 is 2.14 bits per heavy atom. The molecule has 4 nitrogen and oxygen atoms in total. The Bertz CT molecular complexity index is 721. The average molecular weight is 397 g/mol. The molecule has 0 amide bonds. The Morgan fingerprint density at radius 1 is 0.897 bits per heavy atom. The molecule has 4 heteroatoms. The van der Waals surface area contributed by atoms with E-state index in [4.69, 9.17) is 9.47 Å². The van der Waals surface area contributed by atoms with E-state index in [1.807, 2.05) is 60.7 Å². The summed E-state index contributed by atoms with van der Waals surface area (Å²) in [5, 5.41) is 20.9. The van der Waals surface area contributed by atoms with E-state index in [1.165, 1.54) is 0 Å². The molecule has 0 saturated carbocycles. The van der Waals surface area contributed by atoms with Gasteiger partial charge in [-0.05, 0) is 17.5 Å². The summed E-state index contributed by atoms with van der Waals surface area (Å²) in [5.41, 5.74) is 2.06. The van der Waals surface area contributed by atoms with Crippen LogP contribution in [-0.2, 0) is 22.7 Å². The fourth-order valence-electron chi connectivity index (χ4n) is 2.83. The van der Waals surface area contributed by atoms with Crippen LogP contribution in [0.1, 0.15) is 43.7 Å². The highest BCUT2D eigenvalue weighted by molar-refractivity contribution is 5.14.